The molecule has 6 nitrogen and oxygen atoms in total. The van der Waals surface area contributed by atoms with E-state index in [9.17, 15) is 0 Å². The first-order valence-electron chi connectivity index (χ1n) is 7.89. The average Bonchev–Trinajstić information content (AvgIpc) is 3.15. The molecular formula is C15H27N5O. The molecule has 2 heterocycles. The Hall–Kier alpha value is -1.56. The van der Waals surface area contributed by atoms with Crippen LogP contribution < -0.4 is 10.6 Å². The van der Waals surface area contributed by atoms with Gasteiger partial charge in [-0.2, -0.15) is 5.10 Å². The molecule has 1 aromatic rings. The molecule has 2 atom stereocenters. The van der Waals surface area contributed by atoms with Crippen molar-refractivity contribution in [3.05, 3.63) is 18.5 Å². The average molecular weight is 293 g/mol. The number of rotatable bonds is 7. The Labute approximate surface area is 127 Å². The summed E-state index contributed by atoms with van der Waals surface area (Å²) in [6.45, 7) is 8.53. The summed E-state index contributed by atoms with van der Waals surface area (Å²) in [5.41, 5.74) is 0. The molecule has 21 heavy (non-hydrogen) atoms. The molecule has 6 heteroatoms. The molecular weight excluding hydrogens is 266 g/mol. The van der Waals surface area contributed by atoms with E-state index < -0.39 is 0 Å². The van der Waals surface area contributed by atoms with Gasteiger partial charge in [0.1, 0.15) is 0 Å². The Kier molecular flexibility index (Phi) is 6.53. The molecule has 0 amide bonds. The van der Waals surface area contributed by atoms with Gasteiger partial charge in [0.2, 0.25) is 0 Å². The fourth-order valence-electron chi connectivity index (χ4n) is 2.39. The second-order valence-electron chi connectivity index (χ2n) is 5.57. The second-order valence-corrected chi connectivity index (χ2v) is 5.57. The van der Waals surface area contributed by atoms with Gasteiger partial charge in [0.05, 0.1) is 6.10 Å². The van der Waals surface area contributed by atoms with Crippen LogP contribution in [0.1, 0.15) is 26.7 Å². The van der Waals surface area contributed by atoms with E-state index in [4.69, 9.17) is 4.74 Å². The molecule has 2 rings (SSSR count). The molecule has 0 radical (unpaired) electrons. The van der Waals surface area contributed by atoms with Gasteiger partial charge in [0.15, 0.2) is 5.96 Å². The van der Waals surface area contributed by atoms with Gasteiger partial charge in [0, 0.05) is 45.2 Å². The minimum Gasteiger partial charge on any atom is -0.376 e. The van der Waals surface area contributed by atoms with Crippen molar-refractivity contribution in [1.29, 1.82) is 0 Å². The van der Waals surface area contributed by atoms with Crippen LogP contribution in [0.5, 0.6) is 0 Å². The van der Waals surface area contributed by atoms with Crippen LogP contribution in [0.3, 0.4) is 0 Å². The zero-order chi connectivity index (χ0) is 14.9. The number of guanidine groups is 1. The molecule has 2 N–H and O–H groups in total. The van der Waals surface area contributed by atoms with Crippen molar-refractivity contribution in [2.45, 2.75) is 39.3 Å². The maximum Gasteiger partial charge on any atom is 0.191 e. The molecule has 0 saturated carbocycles. The first kappa shape index (κ1) is 15.8. The Morgan fingerprint density at radius 1 is 1.52 bits per heavy atom. The summed E-state index contributed by atoms with van der Waals surface area (Å²) < 4.78 is 7.57. The lowest BCUT2D eigenvalue weighted by molar-refractivity contribution is 0.114. The van der Waals surface area contributed by atoms with Crippen molar-refractivity contribution in [3.8, 4) is 0 Å². The number of nitrogens with zero attached hydrogens (tertiary/aromatic N) is 3. The van der Waals surface area contributed by atoms with Crippen LogP contribution in [-0.4, -0.2) is 48.1 Å². The van der Waals surface area contributed by atoms with Gasteiger partial charge in [-0.25, -0.2) is 0 Å². The molecule has 0 aliphatic carbocycles. The summed E-state index contributed by atoms with van der Waals surface area (Å²) in [6.07, 6.45) is 6.43. The van der Waals surface area contributed by atoms with Crippen molar-refractivity contribution in [2.75, 3.05) is 26.2 Å². The lowest BCUT2D eigenvalue weighted by Crippen LogP contribution is -2.41. The molecule has 2 unspecified atom stereocenters. The van der Waals surface area contributed by atoms with Crippen LogP contribution in [0.25, 0.3) is 0 Å². The van der Waals surface area contributed by atoms with Crippen LogP contribution in [0.2, 0.25) is 0 Å². The molecule has 1 aliphatic heterocycles. The first-order chi connectivity index (χ1) is 10.3. The molecule has 1 fully saturated rings. The highest BCUT2D eigenvalue weighted by Crippen LogP contribution is 2.10. The molecule has 0 spiro atoms. The highest BCUT2D eigenvalue weighted by Gasteiger charge is 2.15. The van der Waals surface area contributed by atoms with Crippen molar-refractivity contribution in [1.82, 2.24) is 20.4 Å². The van der Waals surface area contributed by atoms with Crippen LogP contribution in [0.15, 0.2) is 23.5 Å². The number of nitrogens with one attached hydrogen (secondary N) is 2. The van der Waals surface area contributed by atoms with E-state index in [2.05, 4.69) is 34.6 Å². The van der Waals surface area contributed by atoms with E-state index in [1.165, 1.54) is 6.42 Å². The Morgan fingerprint density at radius 2 is 2.43 bits per heavy atom. The predicted octanol–water partition coefficient (Wildman–Crippen LogP) is 1.25. The Morgan fingerprint density at radius 3 is 3.10 bits per heavy atom. The number of hydrogen-bond donors (Lipinski definition) is 2. The zero-order valence-electron chi connectivity index (χ0n) is 13.1. The maximum absolute atomic E-state index is 5.62. The van der Waals surface area contributed by atoms with E-state index >= 15 is 0 Å². The summed E-state index contributed by atoms with van der Waals surface area (Å²) >= 11 is 0. The van der Waals surface area contributed by atoms with Gasteiger partial charge in [-0.3, -0.25) is 9.67 Å². The number of hydrogen-bond acceptors (Lipinski definition) is 3. The zero-order valence-corrected chi connectivity index (χ0v) is 13.1. The fraction of sp³-hybridized carbons (Fsp3) is 0.733. The van der Waals surface area contributed by atoms with Crippen molar-refractivity contribution < 1.29 is 4.74 Å². The third-order valence-electron chi connectivity index (χ3n) is 3.48. The minimum atomic E-state index is 0.329. The SMILES string of the molecule is CCNC(=NCC(C)Cn1cccn1)NCC1CCCO1. The Bertz CT molecular complexity index is 412. The second kappa shape index (κ2) is 8.67. The standard InChI is InChI=1S/C15H27N5O/c1-3-16-15(18-11-14-6-4-9-21-14)17-10-13(2)12-20-8-5-7-19-20/h5,7-8,13-14H,3-4,6,9-12H2,1-2H3,(H2,16,17,18). The molecule has 0 bridgehead atoms. The van der Waals surface area contributed by atoms with Gasteiger partial charge in [-0.05, 0) is 31.7 Å². The third-order valence-corrected chi connectivity index (χ3v) is 3.48. The summed E-state index contributed by atoms with van der Waals surface area (Å²) in [7, 11) is 0. The number of ether oxygens (including phenoxy) is 1. The summed E-state index contributed by atoms with van der Waals surface area (Å²) in [5.74, 6) is 1.32. The molecule has 1 saturated heterocycles. The molecule has 118 valence electrons. The molecule has 0 aromatic carbocycles. The van der Waals surface area contributed by atoms with Crippen molar-refractivity contribution in [3.63, 3.8) is 0 Å². The predicted molar refractivity (Wildman–Crippen MR) is 84.3 cm³/mol. The van der Waals surface area contributed by atoms with Gasteiger partial charge in [-0.15, -0.1) is 0 Å². The first-order valence-corrected chi connectivity index (χ1v) is 7.89. The summed E-state index contributed by atoms with van der Waals surface area (Å²) in [6, 6.07) is 1.95. The largest absolute Gasteiger partial charge is 0.376 e. The molecule has 1 aliphatic rings. The highest BCUT2D eigenvalue weighted by atomic mass is 16.5. The lowest BCUT2D eigenvalue weighted by Gasteiger charge is -2.16. The van der Waals surface area contributed by atoms with Crippen molar-refractivity contribution in [2.24, 2.45) is 10.9 Å². The van der Waals surface area contributed by atoms with E-state index in [1.807, 2.05) is 23.1 Å². The van der Waals surface area contributed by atoms with E-state index in [1.54, 1.807) is 0 Å². The fourth-order valence-corrected chi connectivity index (χ4v) is 2.39. The number of aromatic nitrogens is 2. The maximum atomic E-state index is 5.62. The van der Waals surface area contributed by atoms with E-state index in [0.29, 0.717) is 12.0 Å². The van der Waals surface area contributed by atoms with E-state index in [-0.39, 0.29) is 0 Å². The third kappa shape index (κ3) is 5.75. The van der Waals surface area contributed by atoms with Gasteiger partial charge in [0.25, 0.3) is 0 Å². The van der Waals surface area contributed by atoms with Crippen LogP contribution in [0.4, 0.5) is 0 Å². The quantitative estimate of drug-likeness (QED) is 0.587. The van der Waals surface area contributed by atoms with Crippen LogP contribution in [0, 0.1) is 5.92 Å². The van der Waals surface area contributed by atoms with Crippen LogP contribution in [-0.2, 0) is 11.3 Å². The van der Waals surface area contributed by atoms with Crippen molar-refractivity contribution >= 4 is 5.96 Å². The summed E-state index contributed by atoms with van der Waals surface area (Å²) in [5, 5.41) is 10.9. The van der Waals surface area contributed by atoms with Gasteiger partial charge in [-0.1, -0.05) is 6.92 Å². The Balaban J connectivity index is 1.75. The van der Waals surface area contributed by atoms with Gasteiger partial charge >= 0.3 is 0 Å². The van der Waals surface area contributed by atoms with Crippen LogP contribution >= 0.6 is 0 Å². The topological polar surface area (TPSA) is 63.5 Å². The lowest BCUT2D eigenvalue weighted by atomic mass is 10.2. The highest BCUT2D eigenvalue weighted by molar-refractivity contribution is 5.79. The monoisotopic (exact) mass is 293 g/mol. The molecule has 1 aromatic heterocycles. The van der Waals surface area contributed by atoms with E-state index in [0.717, 1.165) is 45.2 Å². The normalized spacial score (nSPS) is 20.5. The van der Waals surface area contributed by atoms with Gasteiger partial charge < -0.3 is 15.4 Å². The summed E-state index contributed by atoms with van der Waals surface area (Å²) in [4.78, 5) is 4.65. The number of aliphatic imine (C=N–C) groups is 1. The minimum absolute atomic E-state index is 0.329. The smallest absolute Gasteiger partial charge is 0.191 e.